The Morgan fingerprint density at radius 2 is 2.12 bits per heavy atom. The zero-order valence-electron chi connectivity index (χ0n) is 14.6. The number of anilines is 2. The highest BCUT2D eigenvalue weighted by molar-refractivity contribution is 7.17. The van der Waals surface area contributed by atoms with Crippen LogP contribution in [0.1, 0.15) is 41.6 Å². The summed E-state index contributed by atoms with van der Waals surface area (Å²) < 4.78 is 5.59. The van der Waals surface area contributed by atoms with E-state index in [0.29, 0.717) is 28.8 Å². The standard InChI is InChI=1S/C18H22N4O3S/c1-2-3-11-25-13-8-6-12(7-9-13)20-17(24)22-18-21-14-5-4-10-19-16(23)15(14)26-18/h6-9H,2-5,10-11H2,1H3,(H,19,23)(H2,20,21,22,24). The van der Waals surface area contributed by atoms with Gasteiger partial charge in [0, 0.05) is 12.2 Å². The smallest absolute Gasteiger partial charge is 0.325 e. The Morgan fingerprint density at radius 1 is 1.31 bits per heavy atom. The van der Waals surface area contributed by atoms with Gasteiger partial charge >= 0.3 is 6.03 Å². The number of thiazole rings is 1. The predicted octanol–water partition coefficient (Wildman–Crippen LogP) is 3.64. The fourth-order valence-corrected chi connectivity index (χ4v) is 3.44. The molecule has 3 amide bonds. The average Bonchev–Trinajstić information content (AvgIpc) is 2.95. The van der Waals surface area contributed by atoms with Gasteiger partial charge in [-0.05, 0) is 43.5 Å². The minimum Gasteiger partial charge on any atom is -0.494 e. The van der Waals surface area contributed by atoms with Crippen LogP contribution in [-0.2, 0) is 6.42 Å². The molecular formula is C18H22N4O3S. The minimum absolute atomic E-state index is 0.123. The van der Waals surface area contributed by atoms with Crippen LogP contribution in [0.15, 0.2) is 24.3 Å². The van der Waals surface area contributed by atoms with Crippen LogP contribution in [0.5, 0.6) is 5.75 Å². The van der Waals surface area contributed by atoms with Gasteiger partial charge in [0.1, 0.15) is 10.6 Å². The van der Waals surface area contributed by atoms with E-state index in [1.54, 1.807) is 12.1 Å². The van der Waals surface area contributed by atoms with Gasteiger partial charge in [-0.1, -0.05) is 24.7 Å². The van der Waals surface area contributed by atoms with E-state index in [2.05, 4.69) is 27.9 Å². The second-order valence-corrected chi connectivity index (χ2v) is 6.96. The van der Waals surface area contributed by atoms with Gasteiger partial charge in [-0.3, -0.25) is 10.1 Å². The molecule has 0 bridgehead atoms. The SMILES string of the molecule is CCCCOc1ccc(NC(=O)Nc2nc3c(s2)C(=O)NCCC3)cc1. The number of urea groups is 1. The third-order valence-electron chi connectivity index (χ3n) is 3.88. The first-order valence-electron chi connectivity index (χ1n) is 8.74. The lowest BCUT2D eigenvalue weighted by molar-refractivity contribution is 0.0960. The second kappa shape index (κ2) is 8.66. The number of benzene rings is 1. The summed E-state index contributed by atoms with van der Waals surface area (Å²) in [6.45, 7) is 3.46. The molecule has 1 aliphatic rings. The second-order valence-electron chi connectivity index (χ2n) is 5.96. The highest BCUT2D eigenvalue weighted by Gasteiger charge is 2.21. The molecule has 2 aromatic rings. The highest BCUT2D eigenvalue weighted by Crippen LogP contribution is 2.25. The van der Waals surface area contributed by atoms with E-state index in [-0.39, 0.29) is 5.91 Å². The topological polar surface area (TPSA) is 92.3 Å². The Balaban J connectivity index is 1.56. The normalized spacial score (nSPS) is 13.3. The Hall–Kier alpha value is -2.61. The van der Waals surface area contributed by atoms with Gasteiger partial charge in [-0.15, -0.1) is 0 Å². The van der Waals surface area contributed by atoms with Crippen molar-refractivity contribution in [3.8, 4) is 5.75 Å². The van der Waals surface area contributed by atoms with Crippen molar-refractivity contribution in [3.63, 3.8) is 0 Å². The number of hydrogen-bond acceptors (Lipinski definition) is 5. The van der Waals surface area contributed by atoms with Gasteiger partial charge in [0.2, 0.25) is 0 Å². The lowest BCUT2D eigenvalue weighted by atomic mass is 10.2. The molecule has 3 N–H and O–H groups in total. The molecule has 0 atom stereocenters. The number of carbonyl (C=O) groups excluding carboxylic acids is 2. The van der Waals surface area contributed by atoms with Crippen molar-refractivity contribution in [1.82, 2.24) is 10.3 Å². The molecule has 0 unspecified atom stereocenters. The summed E-state index contributed by atoms with van der Waals surface area (Å²) >= 11 is 1.19. The fourth-order valence-electron chi connectivity index (χ4n) is 2.52. The first kappa shape index (κ1) is 18.2. The zero-order chi connectivity index (χ0) is 18.4. The van der Waals surface area contributed by atoms with Gasteiger partial charge in [-0.2, -0.15) is 0 Å². The molecule has 7 nitrogen and oxygen atoms in total. The van der Waals surface area contributed by atoms with Gasteiger partial charge < -0.3 is 15.4 Å². The van der Waals surface area contributed by atoms with E-state index in [1.807, 2.05) is 12.1 Å². The van der Waals surface area contributed by atoms with Crippen molar-refractivity contribution in [2.75, 3.05) is 23.8 Å². The van der Waals surface area contributed by atoms with Crippen LogP contribution < -0.4 is 20.7 Å². The van der Waals surface area contributed by atoms with Crippen LogP contribution in [0, 0.1) is 0 Å². The van der Waals surface area contributed by atoms with Gasteiger partial charge in [0.25, 0.3) is 5.91 Å². The lowest BCUT2D eigenvalue weighted by Crippen LogP contribution is -2.21. The molecular weight excluding hydrogens is 352 g/mol. The molecule has 0 aliphatic carbocycles. The van der Waals surface area contributed by atoms with Gasteiger partial charge in [0.15, 0.2) is 5.13 Å². The highest BCUT2D eigenvalue weighted by atomic mass is 32.1. The van der Waals surface area contributed by atoms with Crippen LogP contribution in [-0.4, -0.2) is 30.1 Å². The first-order valence-corrected chi connectivity index (χ1v) is 9.56. The number of fused-ring (bicyclic) bond motifs is 1. The summed E-state index contributed by atoms with van der Waals surface area (Å²) in [5.74, 6) is 0.654. The predicted molar refractivity (Wildman–Crippen MR) is 102 cm³/mol. The molecule has 3 rings (SSSR count). The van der Waals surface area contributed by atoms with E-state index in [4.69, 9.17) is 4.74 Å². The number of amides is 3. The molecule has 0 radical (unpaired) electrons. The first-order chi connectivity index (χ1) is 12.7. The maximum atomic E-state index is 12.2. The molecule has 8 heteroatoms. The molecule has 1 aromatic heterocycles. The van der Waals surface area contributed by atoms with Crippen molar-refractivity contribution in [2.45, 2.75) is 32.6 Å². The monoisotopic (exact) mass is 374 g/mol. The summed E-state index contributed by atoms with van der Waals surface area (Å²) in [6, 6.07) is 6.81. The van der Waals surface area contributed by atoms with E-state index in [9.17, 15) is 9.59 Å². The molecule has 138 valence electrons. The van der Waals surface area contributed by atoms with Crippen molar-refractivity contribution in [3.05, 3.63) is 34.8 Å². The van der Waals surface area contributed by atoms with Gasteiger partial charge in [0.05, 0.1) is 12.3 Å². The minimum atomic E-state index is -0.394. The number of hydrogen-bond donors (Lipinski definition) is 3. The van der Waals surface area contributed by atoms with Crippen LogP contribution in [0.2, 0.25) is 0 Å². The van der Waals surface area contributed by atoms with Crippen LogP contribution in [0.3, 0.4) is 0 Å². The number of ether oxygens (including phenoxy) is 1. The third kappa shape index (κ3) is 4.72. The molecule has 1 aliphatic heterocycles. The molecule has 0 saturated heterocycles. The van der Waals surface area contributed by atoms with Crippen molar-refractivity contribution in [2.24, 2.45) is 0 Å². The number of rotatable bonds is 6. The number of unbranched alkanes of at least 4 members (excludes halogenated alkanes) is 1. The molecule has 0 spiro atoms. The molecule has 0 saturated carbocycles. The van der Waals surface area contributed by atoms with Gasteiger partial charge in [-0.25, -0.2) is 9.78 Å². The molecule has 26 heavy (non-hydrogen) atoms. The lowest BCUT2D eigenvalue weighted by Gasteiger charge is -2.08. The van der Waals surface area contributed by atoms with Crippen LogP contribution in [0.25, 0.3) is 0 Å². The Morgan fingerprint density at radius 3 is 2.88 bits per heavy atom. The largest absolute Gasteiger partial charge is 0.494 e. The zero-order valence-corrected chi connectivity index (χ0v) is 15.4. The molecule has 0 fully saturated rings. The fraction of sp³-hybridized carbons (Fsp3) is 0.389. The molecule has 2 heterocycles. The number of carbonyl (C=O) groups is 2. The van der Waals surface area contributed by atoms with E-state index >= 15 is 0 Å². The number of nitrogens with zero attached hydrogens (tertiary/aromatic N) is 1. The van der Waals surface area contributed by atoms with E-state index in [0.717, 1.165) is 37.1 Å². The Kier molecular flexibility index (Phi) is 6.06. The number of aryl methyl sites for hydroxylation is 1. The Labute approximate surface area is 156 Å². The summed E-state index contributed by atoms with van der Waals surface area (Å²) in [5, 5.41) is 8.68. The van der Waals surface area contributed by atoms with Crippen molar-refractivity contribution < 1.29 is 14.3 Å². The van der Waals surface area contributed by atoms with Crippen LogP contribution in [0.4, 0.5) is 15.6 Å². The number of aromatic nitrogens is 1. The summed E-state index contributed by atoms with van der Waals surface area (Å²) in [6.07, 6.45) is 3.67. The summed E-state index contributed by atoms with van der Waals surface area (Å²) in [4.78, 5) is 29.0. The maximum absolute atomic E-state index is 12.2. The summed E-state index contributed by atoms with van der Waals surface area (Å²) in [5.41, 5.74) is 1.40. The third-order valence-corrected chi connectivity index (χ3v) is 4.89. The number of nitrogens with one attached hydrogen (secondary N) is 3. The molecule has 1 aromatic carbocycles. The van der Waals surface area contributed by atoms with Crippen molar-refractivity contribution >= 4 is 34.1 Å². The quantitative estimate of drug-likeness (QED) is 0.673. The maximum Gasteiger partial charge on any atom is 0.325 e. The average molecular weight is 374 g/mol. The van der Waals surface area contributed by atoms with Crippen molar-refractivity contribution in [1.29, 1.82) is 0 Å². The summed E-state index contributed by atoms with van der Waals surface area (Å²) in [7, 11) is 0. The van der Waals surface area contributed by atoms with E-state index < -0.39 is 6.03 Å². The van der Waals surface area contributed by atoms with Crippen LogP contribution >= 0.6 is 11.3 Å². The Bertz CT molecular complexity index is 773. The van der Waals surface area contributed by atoms with E-state index in [1.165, 1.54) is 11.3 Å².